The van der Waals surface area contributed by atoms with Gasteiger partial charge in [0.1, 0.15) is 5.75 Å². The first-order valence-electron chi connectivity index (χ1n) is 8.84. The van der Waals surface area contributed by atoms with Crippen LogP contribution in [0, 0.1) is 0 Å². The molecule has 1 amide bonds. The summed E-state index contributed by atoms with van der Waals surface area (Å²) < 4.78 is 24.3. The zero-order valence-electron chi connectivity index (χ0n) is 15.1. The minimum Gasteiger partial charge on any atom is -0.351 e. The lowest BCUT2D eigenvalue weighted by Crippen LogP contribution is -2.31. The quantitative estimate of drug-likeness (QED) is 0.703. The maximum atomic E-state index is 12.1. The van der Waals surface area contributed by atoms with Crippen LogP contribution < -0.4 is 10.6 Å². The Morgan fingerprint density at radius 1 is 1.00 bits per heavy atom. The van der Waals surface area contributed by atoms with Gasteiger partial charge in [-0.05, 0) is 35.1 Å². The summed E-state index contributed by atoms with van der Waals surface area (Å²) in [6.45, 7) is 2.07. The summed E-state index contributed by atoms with van der Waals surface area (Å²) in [6.07, 6.45) is 1.22. The Morgan fingerprint density at radius 2 is 1.74 bits per heavy atom. The Kier molecular flexibility index (Phi) is 7.83. The molecule has 2 N–H and O–H groups in total. The Hall–Kier alpha value is -1.89. The molecule has 5 nitrogen and oxygen atoms in total. The van der Waals surface area contributed by atoms with Gasteiger partial charge in [-0.1, -0.05) is 48.5 Å². The van der Waals surface area contributed by atoms with Gasteiger partial charge in [0, 0.05) is 19.6 Å². The number of hydrogen-bond donors (Lipinski definition) is 2. The highest BCUT2D eigenvalue weighted by Gasteiger charge is 2.17. The van der Waals surface area contributed by atoms with Crippen molar-refractivity contribution in [3.05, 3.63) is 70.8 Å². The second-order valence-electron chi connectivity index (χ2n) is 6.66. The number of hydrogen-bond acceptors (Lipinski definition) is 4. The average Bonchev–Trinajstić information content (AvgIpc) is 3.08. The monoisotopic (exact) mass is 408 g/mol. The normalized spacial score (nSPS) is 12.9. The molecule has 2 aromatic rings. The second-order valence-corrected chi connectivity index (χ2v) is 8.85. The van der Waals surface area contributed by atoms with Crippen LogP contribution in [0.15, 0.2) is 48.5 Å². The van der Waals surface area contributed by atoms with E-state index in [-0.39, 0.29) is 18.2 Å². The van der Waals surface area contributed by atoms with Gasteiger partial charge in [-0.3, -0.25) is 4.79 Å². The van der Waals surface area contributed by atoms with Crippen LogP contribution in [0.3, 0.4) is 0 Å². The number of sulfone groups is 1. The van der Waals surface area contributed by atoms with Crippen LogP contribution in [0.4, 0.5) is 0 Å². The zero-order valence-corrected chi connectivity index (χ0v) is 16.7. The smallest absolute Gasteiger partial charge is 0.235 e. The third-order valence-corrected chi connectivity index (χ3v) is 6.12. The van der Waals surface area contributed by atoms with Crippen molar-refractivity contribution >= 4 is 28.2 Å². The fraction of sp³-hybridized carbons (Fsp3) is 0.350. The predicted molar refractivity (Wildman–Crippen MR) is 109 cm³/mol. The number of benzene rings is 2. The van der Waals surface area contributed by atoms with Gasteiger partial charge in [0.2, 0.25) is 5.91 Å². The average molecular weight is 409 g/mol. The molecule has 3 rings (SSSR count). The zero-order chi connectivity index (χ0) is 18.4. The van der Waals surface area contributed by atoms with Crippen molar-refractivity contribution < 1.29 is 13.2 Å². The van der Waals surface area contributed by atoms with Gasteiger partial charge in [0.25, 0.3) is 0 Å². The van der Waals surface area contributed by atoms with Gasteiger partial charge < -0.3 is 10.6 Å². The number of fused-ring (bicyclic) bond motifs is 1. The standard InChI is InChI=1S/C20H24N2O3S.ClH/c23-20(22-12-17-8-9-18-13-21-14-19(18)11-17)15-26(24,25)10-4-7-16-5-2-1-3-6-16;/h1-3,5-6,8-9,11,21H,4,7,10,12-15H2,(H,22,23);1H. The SMILES string of the molecule is Cl.O=C(CS(=O)(=O)CCCc1ccccc1)NCc1ccc2c(c1)CNC2. The molecule has 0 radical (unpaired) electrons. The molecule has 27 heavy (non-hydrogen) atoms. The third kappa shape index (κ3) is 6.65. The van der Waals surface area contributed by atoms with Crippen molar-refractivity contribution in [2.75, 3.05) is 11.5 Å². The van der Waals surface area contributed by atoms with E-state index in [1.54, 1.807) is 0 Å². The van der Waals surface area contributed by atoms with Crippen molar-refractivity contribution in [3.8, 4) is 0 Å². The molecule has 1 heterocycles. The molecule has 0 saturated heterocycles. The van der Waals surface area contributed by atoms with Crippen molar-refractivity contribution in [1.82, 2.24) is 10.6 Å². The number of carbonyl (C=O) groups excluding carboxylic acids is 1. The second kappa shape index (κ2) is 9.88. The van der Waals surface area contributed by atoms with Crippen LogP contribution >= 0.6 is 12.4 Å². The predicted octanol–water partition coefficient (Wildman–Crippen LogP) is 2.38. The molecular weight excluding hydrogens is 384 g/mol. The molecule has 146 valence electrons. The highest BCUT2D eigenvalue weighted by atomic mass is 35.5. The van der Waals surface area contributed by atoms with Gasteiger partial charge in [0.15, 0.2) is 9.84 Å². The largest absolute Gasteiger partial charge is 0.351 e. The number of amides is 1. The van der Waals surface area contributed by atoms with E-state index in [1.165, 1.54) is 11.1 Å². The van der Waals surface area contributed by atoms with E-state index in [0.717, 1.165) is 24.2 Å². The van der Waals surface area contributed by atoms with Crippen LogP contribution in [0.2, 0.25) is 0 Å². The summed E-state index contributed by atoms with van der Waals surface area (Å²) in [5.74, 6) is -0.864. The third-order valence-electron chi connectivity index (χ3n) is 4.51. The molecule has 2 aromatic carbocycles. The Morgan fingerprint density at radius 3 is 2.52 bits per heavy atom. The van der Waals surface area contributed by atoms with E-state index < -0.39 is 21.5 Å². The summed E-state index contributed by atoms with van der Waals surface area (Å²) in [5, 5.41) is 5.99. The molecular formula is C20H25ClN2O3S. The fourth-order valence-electron chi connectivity index (χ4n) is 3.12. The van der Waals surface area contributed by atoms with Crippen LogP contribution in [0.25, 0.3) is 0 Å². The van der Waals surface area contributed by atoms with Crippen molar-refractivity contribution in [3.63, 3.8) is 0 Å². The first-order valence-corrected chi connectivity index (χ1v) is 10.7. The lowest BCUT2D eigenvalue weighted by molar-refractivity contribution is -0.118. The van der Waals surface area contributed by atoms with Gasteiger partial charge in [0.05, 0.1) is 5.75 Å². The number of nitrogens with one attached hydrogen (secondary N) is 2. The fourth-order valence-corrected chi connectivity index (χ4v) is 4.35. The van der Waals surface area contributed by atoms with Crippen molar-refractivity contribution in [1.29, 1.82) is 0 Å². The Balaban J connectivity index is 0.00000261. The molecule has 0 fully saturated rings. The molecule has 1 aliphatic rings. The van der Waals surface area contributed by atoms with Crippen molar-refractivity contribution in [2.24, 2.45) is 0 Å². The van der Waals surface area contributed by atoms with E-state index in [2.05, 4.69) is 22.8 Å². The lowest BCUT2D eigenvalue weighted by atomic mass is 10.1. The number of carbonyl (C=O) groups is 1. The van der Waals surface area contributed by atoms with Crippen molar-refractivity contribution in [2.45, 2.75) is 32.5 Å². The minimum absolute atomic E-state index is 0. The highest BCUT2D eigenvalue weighted by Crippen LogP contribution is 2.16. The number of aryl methyl sites for hydroxylation is 1. The molecule has 0 bridgehead atoms. The Bertz CT molecular complexity index is 870. The van der Waals surface area contributed by atoms with E-state index in [1.807, 2.05) is 36.4 Å². The highest BCUT2D eigenvalue weighted by molar-refractivity contribution is 7.92. The van der Waals surface area contributed by atoms with Gasteiger partial charge in [-0.15, -0.1) is 12.4 Å². The van der Waals surface area contributed by atoms with E-state index in [4.69, 9.17) is 0 Å². The summed E-state index contributed by atoms with van der Waals surface area (Å²) in [4.78, 5) is 12.0. The molecule has 0 aliphatic carbocycles. The lowest BCUT2D eigenvalue weighted by Gasteiger charge is -2.08. The van der Waals surface area contributed by atoms with Crippen LogP contribution in [-0.4, -0.2) is 25.8 Å². The van der Waals surface area contributed by atoms with Gasteiger partial charge in [-0.2, -0.15) is 0 Å². The minimum atomic E-state index is -3.39. The summed E-state index contributed by atoms with van der Waals surface area (Å²) in [5.41, 5.74) is 4.62. The molecule has 0 aromatic heterocycles. The first-order chi connectivity index (χ1) is 12.5. The van der Waals surface area contributed by atoms with Crippen LogP contribution in [-0.2, 0) is 40.7 Å². The topological polar surface area (TPSA) is 75.3 Å². The van der Waals surface area contributed by atoms with Crippen LogP contribution in [0.1, 0.15) is 28.7 Å². The van der Waals surface area contributed by atoms with E-state index in [9.17, 15) is 13.2 Å². The molecule has 1 aliphatic heterocycles. The van der Waals surface area contributed by atoms with E-state index >= 15 is 0 Å². The molecule has 0 saturated carbocycles. The molecule has 7 heteroatoms. The first kappa shape index (κ1) is 21.4. The maximum absolute atomic E-state index is 12.1. The number of halogens is 1. The molecule has 0 spiro atoms. The van der Waals surface area contributed by atoms with Crippen LogP contribution in [0.5, 0.6) is 0 Å². The summed E-state index contributed by atoms with van der Waals surface area (Å²) in [6, 6.07) is 15.8. The van der Waals surface area contributed by atoms with Gasteiger partial charge in [-0.25, -0.2) is 8.42 Å². The van der Waals surface area contributed by atoms with E-state index in [0.29, 0.717) is 19.4 Å². The summed E-state index contributed by atoms with van der Waals surface area (Å²) >= 11 is 0. The molecule has 0 atom stereocenters. The Labute approximate surface area is 166 Å². The maximum Gasteiger partial charge on any atom is 0.235 e. The summed E-state index contributed by atoms with van der Waals surface area (Å²) in [7, 11) is -3.39. The number of rotatable bonds is 8. The van der Waals surface area contributed by atoms with Gasteiger partial charge >= 0.3 is 0 Å². The molecule has 0 unspecified atom stereocenters.